The lowest BCUT2D eigenvalue weighted by molar-refractivity contribution is -0.123. The molecule has 2 aromatic carbocycles. The Balaban J connectivity index is 1.74. The first kappa shape index (κ1) is 20.4. The molecule has 0 aliphatic rings. The first-order valence-corrected chi connectivity index (χ1v) is 10.3. The van der Waals surface area contributed by atoms with Crippen molar-refractivity contribution in [2.24, 2.45) is 0 Å². The summed E-state index contributed by atoms with van der Waals surface area (Å²) in [6, 6.07) is 12.0. The first-order valence-electron chi connectivity index (χ1n) is 8.00. The molecule has 0 aromatic heterocycles. The van der Waals surface area contributed by atoms with Gasteiger partial charge in [-0.2, -0.15) is 0 Å². The van der Waals surface area contributed by atoms with E-state index in [1.165, 1.54) is 12.1 Å². The van der Waals surface area contributed by atoms with Crippen LogP contribution in [-0.4, -0.2) is 34.0 Å². The van der Waals surface area contributed by atoms with Gasteiger partial charge in [0.1, 0.15) is 5.75 Å². The van der Waals surface area contributed by atoms with Gasteiger partial charge in [0.15, 0.2) is 6.61 Å². The number of carbonyl (C=O) groups is 1. The van der Waals surface area contributed by atoms with Crippen molar-refractivity contribution < 1.29 is 17.9 Å². The van der Waals surface area contributed by atoms with Crippen molar-refractivity contribution in [1.82, 2.24) is 10.0 Å². The first-order chi connectivity index (χ1) is 12.3. The van der Waals surface area contributed by atoms with Crippen molar-refractivity contribution in [3.05, 3.63) is 58.1 Å². The molecule has 0 saturated heterocycles. The molecular formula is C18H21BrN2O4S. The molecule has 0 spiro atoms. The number of hydrogen-bond acceptors (Lipinski definition) is 4. The Kier molecular flexibility index (Phi) is 7.19. The zero-order chi connectivity index (χ0) is 19.2. The lowest BCUT2D eigenvalue weighted by Gasteiger charge is -2.11. The third-order valence-electron chi connectivity index (χ3n) is 3.78. The highest BCUT2D eigenvalue weighted by atomic mass is 79.9. The molecule has 2 aromatic rings. The molecule has 6 nitrogen and oxygen atoms in total. The summed E-state index contributed by atoms with van der Waals surface area (Å²) in [6.07, 6.45) is 0. The molecular weight excluding hydrogens is 420 g/mol. The van der Waals surface area contributed by atoms with Crippen LogP contribution in [0.25, 0.3) is 0 Å². The van der Waals surface area contributed by atoms with Gasteiger partial charge in [0.05, 0.1) is 4.90 Å². The van der Waals surface area contributed by atoms with Crippen LogP contribution in [-0.2, 0) is 14.8 Å². The number of sulfonamides is 1. The minimum Gasteiger partial charge on any atom is -0.483 e. The minimum absolute atomic E-state index is 0.0909. The molecule has 0 aliphatic carbocycles. The van der Waals surface area contributed by atoms with Gasteiger partial charge in [-0.25, -0.2) is 13.1 Å². The summed E-state index contributed by atoms with van der Waals surface area (Å²) in [7, 11) is -3.59. The molecule has 0 fully saturated rings. The summed E-state index contributed by atoms with van der Waals surface area (Å²) in [5, 5.41) is 2.62. The SMILES string of the molecule is Cc1cccc(OCC(=O)NCCNS(=O)(=O)c2ccc(Br)cc2)c1C. The van der Waals surface area contributed by atoms with Crippen LogP contribution < -0.4 is 14.8 Å². The normalized spacial score (nSPS) is 11.2. The Morgan fingerprint density at radius 3 is 2.46 bits per heavy atom. The van der Waals surface area contributed by atoms with Gasteiger partial charge in [-0.15, -0.1) is 0 Å². The summed E-state index contributed by atoms with van der Waals surface area (Å²) < 4.78 is 33.0. The Labute approximate surface area is 162 Å². The smallest absolute Gasteiger partial charge is 0.257 e. The quantitative estimate of drug-likeness (QED) is 0.617. The molecule has 0 aliphatic heterocycles. The fourth-order valence-corrected chi connectivity index (χ4v) is 3.46. The molecule has 0 atom stereocenters. The van der Waals surface area contributed by atoms with Crippen LogP contribution in [0.1, 0.15) is 11.1 Å². The fraction of sp³-hybridized carbons (Fsp3) is 0.278. The number of carbonyl (C=O) groups excluding carboxylic acids is 1. The molecule has 26 heavy (non-hydrogen) atoms. The van der Waals surface area contributed by atoms with Crippen molar-refractivity contribution in [3.63, 3.8) is 0 Å². The number of hydrogen-bond donors (Lipinski definition) is 2. The maximum Gasteiger partial charge on any atom is 0.257 e. The highest BCUT2D eigenvalue weighted by Gasteiger charge is 2.13. The summed E-state index contributed by atoms with van der Waals surface area (Å²) in [5.74, 6) is 0.352. The van der Waals surface area contributed by atoms with Crippen LogP contribution in [0.2, 0.25) is 0 Å². The van der Waals surface area contributed by atoms with E-state index in [0.717, 1.165) is 15.6 Å². The van der Waals surface area contributed by atoms with Gasteiger partial charge in [0.25, 0.3) is 5.91 Å². The maximum absolute atomic E-state index is 12.1. The highest BCUT2D eigenvalue weighted by Crippen LogP contribution is 2.20. The fourth-order valence-electron chi connectivity index (χ4n) is 2.16. The predicted octanol–water partition coefficient (Wildman–Crippen LogP) is 2.54. The lowest BCUT2D eigenvalue weighted by atomic mass is 10.1. The van der Waals surface area contributed by atoms with Gasteiger partial charge < -0.3 is 10.1 Å². The maximum atomic E-state index is 12.1. The minimum atomic E-state index is -3.59. The number of aryl methyl sites for hydroxylation is 1. The lowest BCUT2D eigenvalue weighted by Crippen LogP contribution is -2.36. The molecule has 2 rings (SSSR count). The van der Waals surface area contributed by atoms with Crippen molar-refractivity contribution in [2.75, 3.05) is 19.7 Å². The van der Waals surface area contributed by atoms with E-state index >= 15 is 0 Å². The average Bonchev–Trinajstić information content (AvgIpc) is 2.60. The Bertz CT molecular complexity index is 867. The van der Waals surface area contributed by atoms with E-state index in [9.17, 15) is 13.2 Å². The molecule has 2 N–H and O–H groups in total. The van der Waals surface area contributed by atoms with Crippen LogP contribution in [0.15, 0.2) is 51.8 Å². The zero-order valence-corrected chi connectivity index (χ0v) is 17.0. The summed E-state index contributed by atoms with van der Waals surface area (Å²) in [4.78, 5) is 12.0. The van der Waals surface area contributed by atoms with Crippen LogP contribution in [0.3, 0.4) is 0 Å². The van der Waals surface area contributed by atoms with Gasteiger partial charge >= 0.3 is 0 Å². The zero-order valence-electron chi connectivity index (χ0n) is 14.6. The molecule has 0 saturated carbocycles. The number of halogens is 1. The number of ether oxygens (including phenoxy) is 1. The topological polar surface area (TPSA) is 84.5 Å². The second-order valence-electron chi connectivity index (χ2n) is 5.69. The van der Waals surface area contributed by atoms with Crippen molar-refractivity contribution >= 4 is 31.9 Å². The average molecular weight is 441 g/mol. The standard InChI is InChI=1S/C18H21BrN2O4S/c1-13-4-3-5-17(14(13)2)25-12-18(22)20-10-11-21-26(23,24)16-8-6-15(19)7-9-16/h3-9,21H,10-12H2,1-2H3,(H,20,22). The molecule has 1 amide bonds. The van der Waals surface area contributed by atoms with Crippen LogP contribution >= 0.6 is 15.9 Å². The highest BCUT2D eigenvalue weighted by molar-refractivity contribution is 9.10. The van der Waals surface area contributed by atoms with E-state index < -0.39 is 10.0 Å². The predicted molar refractivity (Wildman–Crippen MR) is 104 cm³/mol. The number of benzene rings is 2. The molecule has 0 unspecified atom stereocenters. The van der Waals surface area contributed by atoms with E-state index in [4.69, 9.17) is 4.74 Å². The molecule has 0 heterocycles. The summed E-state index contributed by atoms with van der Waals surface area (Å²) >= 11 is 3.26. The monoisotopic (exact) mass is 440 g/mol. The van der Waals surface area contributed by atoms with Gasteiger partial charge in [0.2, 0.25) is 10.0 Å². The third kappa shape index (κ3) is 5.82. The van der Waals surface area contributed by atoms with E-state index in [0.29, 0.717) is 5.75 Å². The van der Waals surface area contributed by atoms with Crippen molar-refractivity contribution in [3.8, 4) is 5.75 Å². The Morgan fingerprint density at radius 1 is 1.08 bits per heavy atom. The van der Waals surface area contributed by atoms with Crippen LogP contribution in [0.5, 0.6) is 5.75 Å². The summed E-state index contributed by atoms with van der Waals surface area (Å²) in [5.41, 5.74) is 2.08. The number of rotatable bonds is 8. The van der Waals surface area contributed by atoms with Gasteiger partial charge in [-0.3, -0.25) is 4.79 Å². The number of nitrogens with one attached hydrogen (secondary N) is 2. The van der Waals surface area contributed by atoms with Crippen molar-refractivity contribution in [1.29, 1.82) is 0 Å². The van der Waals surface area contributed by atoms with E-state index in [1.807, 2.05) is 32.0 Å². The Morgan fingerprint density at radius 2 is 1.77 bits per heavy atom. The third-order valence-corrected chi connectivity index (χ3v) is 5.78. The summed E-state index contributed by atoms with van der Waals surface area (Å²) in [6.45, 7) is 4.04. The second-order valence-corrected chi connectivity index (χ2v) is 8.37. The van der Waals surface area contributed by atoms with Gasteiger partial charge in [0, 0.05) is 17.6 Å². The number of amides is 1. The van der Waals surface area contributed by atoms with Gasteiger partial charge in [-0.05, 0) is 55.3 Å². The van der Waals surface area contributed by atoms with Crippen LogP contribution in [0.4, 0.5) is 0 Å². The van der Waals surface area contributed by atoms with Crippen molar-refractivity contribution in [2.45, 2.75) is 18.7 Å². The largest absolute Gasteiger partial charge is 0.483 e. The van der Waals surface area contributed by atoms with E-state index in [-0.39, 0.29) is 30.5 Å². The van der Waals surface area contributed by atoms with Gasteiger partial charge in [-0.1, -0.05) is 28.1 Å². The molecule has 8 heteroatoms. The second kappa shape index (κ2) is 9.16. The Hall–Kier alpha value is -1.90. The molecule has 0 bridgehead atoms. The van der Waals surface area contributed by atoms with E-state index in [1.54, 1.807) is 12.1 Å². The molecule has 140 valence electrons. The van der Waals surface area contributed by atoms with E-state index in [2.05, 4.69) is 26.0 Å². The van der Waals surface area contributed by atoms with Crippen LogP contribution in [0, 0.1) is 13.8 Å². The molecule has 0 radical (unpaired) electrons.